The van der Waals surface area contributed by atoms with Gasteiger partial charge in [-0.05, 0) is 35.9 Å². The van der Waals surface area contributed by atoms with E-state index < -0.39 is 0 Å². The van der Waals surface area contributed by atoms with Crippen LogP contribution in [0.3, 0.4) is 0 Å². The summed E-state index contributed by atoms with van der Waals surface area (Å²) in [6.07, 6.45) is 0. The molecule has 0 saturated heterocycles. The van der Waals surface area contributed by atoms with Crippen molar-refractivity contribution in [2.45, 2.75) is 6.54 Å². The van der Waals surface area contributed by atoms with Crippen LogP contribution in [0, 0.1) is 6.07 Å². The van der Waals surface area contributed by atoms with Crippen LogP contribution in [-0.2, 0) is 6.54 Å². The number of carbonyl (C=O) groups excluding carboxylic acids is 1. The van der Waals surface area contributed by atoms with Gasteiger partial charge in [-0.25, -0.2) is 0 Å². The van der Waals surface area contributed by atoms with Crippen molar-refractivity contribution in [1.82, 2.24) is 5.32 Å². The first-order valence-electron chi connectivity index (χ1n) is 5.25. The van der Waals surface area contributed by atoms with Gasteiger partial charge in [0.25, 0.3) is 5.91 Å². The van der Waals surface area contributed by atoms with E-state index in [-0.39, 0.29) is 5.91 Å². The molecule has 2 aromatic carbocycles. The predicted molar refractivity (Wildman–Crippen MR) is 67.9 cm³/mol. The van der Waals surface area contributed by atoms with Gasteiger partial charge in [-0.3, -0.25) is 4.79 Å². The summed E-state index contributed by atoms with van der Waals surface area (Å²) in [4.78, 5) is 11.7. The van der Waals surface area contributed by atoms with E-state index in [9.17, 15) is 4.79 Å². The van der Waals surface area contributed by atoms with E-state index in [1.807, 2.05) is 24.3 Å². The van der Waals surface area contributed by atoms with Crippen LogP contribution in [0.4, 0.5) is 0 Å². The summed E-state index contributed by atoms with van der Waals surface area (Å²) >= 11 is 5.75. The number of hydrogen-bond donors (Lipinski definition) is 1. The number of benzene rings is 2. The van der Waals surface area contributed by atoms with Crippen LogP contribution in [-0.4, -0.2) is 5.91 Å². The Morgan fingerprint density at radius 1 is 1.18 bits per heavy atom. The van der Waals surface area contributed by atoms with Crippen molar-refractivity contribution in [1.29, 1.82) is 0 Å². The molecule has 0 spiro atoms. The molecule has 0 bridgehead atoms. The molecule has 0 fully saturated rings. The van der Waals surface area contributed by atoms with E-state index in [0.29, 0.717) is 17.1 Å². The fraction of sp³-hybridized carbons (Fsp3) is 0.0714. The molecule has 1 radical (unpaired) electrons. The molecule has 0 unspecified atom stereocenters. The van der Waals surface area contributed by atoms with Crippen molar-refractivity contribution in [3.05, 3.63) is 70.7 Å². The van der Waals surface area contributed by atoms with Gasteiger partial charge in [0.1, 0.15) is 0 Å². The lowest BCUT2D eigenvalue weighted by atomic mass is 10.2. The van der Waals surface area contributed by atoms with Gasteiger partial charge >= 0.3 is 0 Å². The molecule has 2 nitrogen and oxygen atoms in total. The van der Waals surface area contributed by atoms with Crippen LogP contribution in [0.1, 0.15) is 15.9 Å². The Kier molecular flexibility index (Phi) is 3.78. The Labute approximate surface area is 105 Å². The topological polar surface area (TPSA) is 29.1 Å². The Hall–Kier alpha value is -1.80. The minimum Gasteiger partial charge on any atom is -0.348 e. The summed E-state index contributed by atoms with van der Waals surface area (Å²) in [7, 11) is 0. The van der Waals surface area contributed by atoms with E-state index in [1.54, 1.807) is 24.3 Å². The number of rotatable bonds is 3. The van der Waals surface area contributed by atoms with Gasteiger partial charge in [-0.2, -0.15) is 0 Å². The molecule has 3 heteroatoms. The molecule has 0 aliphatic carbocycles. The quantitative estimate of drug-likeness (QED) is 0.883. The van der Waals surface area contributed by atoms with Crippen LogP contribution in [0.25, 0.3) is 0 Å². The zero-order valence-electron chi connectivity index (χ0n) is 9.11. The molecule has 0 atom stereocenters. The van der Waals surface area contributed by atoms with Crippen molar-refractivity contribution in [3.8, 4) is 0 Å². The lowest BCUT2D eigenvalue weighted by Gasteiger charge is -2.05. The second-order valence-corrected chi connectivity index (χ2v) is 4.02. The Balaban J connectivity index is 1.95. The normalized spacial score (nSPS) is 9.94. The van der Waals surface area contributed by atoms with Crippen LogP contribution in [0.5, 0.6) is 0 Å². The van der Waals surface area contributed by atoms with E-state index in [1.165, 1.54) is 0 Å². The first kappa shape index (κ1) is 11.7. The van der Waals surface area contributed by atoms with E-state index in [2.05, 4.69) is 11.4 Å². The van der Waals surface area contributed by atoms with Gasteiger partial charge in [0.2, 0.25) is 0 Å². The maximum absolute atomic E-state index is 11.7. The average Bonchev–Trinajstić information content (AvgIpc) is 2.39. The molecule has 0 aliphatic heterocycles. The Morgan fingerprint density at radius 2 is 1.94 bits per heavy atom. The zero-order valence-corrected chi connectivity index (χ0v) is 9.87. The standard InChI is InChI=1S/C14H11ClNO/c15-13-8-6-11(7-9-13)10-16-14(17)12-4-2-1-3-5-12/h1-6,8-9H,10H2,(H,16,17). The highest BCUT2D eigenvalue weighted by Gasteiger charge is 2.03. The minimum atomic E-state index is -0.0889. The molecule has 0 aromatic heterocycles. The molecule has 0 heterocycles. The van der Waals surface area contributed by atoms with Crippen LogP contribution >= 0.6 is 11.6 Å². The summed E-state index contributed by atoms with van der Waals surface area (Å²) in [5.41, 5.74) is 1.56. The van der Waals surface area contributed by atoms with Gasteiger partial charge in [0.05, 0.1) is 0 Å². The largest absolute Gasteiger partial charge is 0.348 e. The van der Waals surface area contributed by atoms with Crippen molar-refractivity contribution < 1.29 is 4.79 Å². The molecular formula is C14H11ClNO. The fourth-order valence-electron chi connectivity index (χ4n) is 1.42. The van der Waals surface area contributed by atoms with Crippen LogP contribution < -0.4 is 5.32 Å². The minimum absolute atomic E-state index is 0.0889. The first-order valence-corrected chi connectivity index (χ1v) is 5.63. The molecule has 2 aromatic rings. The van der Waals surface area contributed by atoms with Crippen molar-refractivity contribution in [2.75, 3.05) is 0 Å². The summed E-state index contributed by atoms with van der Waals surface area (Å²) in [6, 6.07) is 17.4. The van der Waals surface area contributed by atoms with E-state index in [0.717, 1.165) is 5.56 Å². The predicted octanol–water partition coefficient (Wildman–Crippen LogP) is 3.07. The number of nitrogens with one attached hydrogen (secondary N) is 1. The lowest BCUT2D eigenvalue weighted by molar-refractivity contribution is 0.0951. The number of halogens is 1. The highest BCUT2D eigenvalue weighted by molar-refractivity contribution is 6.30. The van der Waals surface area contributed by atoms with Crippen LogP contribution in [0.15, 0.2) is 48.5 Å². The average molecular weight is 245 g/mol. The second-order valence-electron chi connectivity index (χ2n) is 3.58. The number of amides is 1. The SMILES string of the molecule is O=C(NCc1[c]cc(Cl)cc1)c1ccccc1. The number of carbonyl (C=O) groups is 1. The highest BCUT2D eigenvalue weighted by atomic mass is 35.5. The lowest BCUT2D eigenvalue weighted by Crippen LogP contribution is -2.22. The number of hydrogen-bond acceptors (Lipinski definition) is 1. The van der Waals surface area contributed by atoms with E-state index >= 15 is 0 Å². The maximum Gasteiger partial charge on any atom is 0.251 e. The highest BCUT2D eigenvalue weighted by Crippen LogP contribution is 2.08. The van der Waals surface area contributed by atoms with Gasteiger partial charge in [0.15, 0.2) is 0 Å². The summed E-state index contributed by atoms with van der Waals surface area (Å²) in [5.74, 6) is -0.0889. The van der Waals surface area contributed by atoms with Crippen LogP contribution in [0.2, 0.25) is 5.02 Å². The molecule has 1 N–H and O–H groups in total. The van der Waals surface area contributed by atoms with Gasteiger partial charge in [-0.1, -0.05) is 35.9 Å². The van der Waals surface area contributed by atoms with Crippen molar-refractivity contribution in [2.24, 2.45) is 0 Å². The second kappa shape index (κ2) is 5.51. The van der Waals surface area contributed by atoms with Gasteiger partial charge < -0.3 is 5.32 Å². The third kappa shape index (κ3) is 3.33. The maximum atomic E-state index is 11.7. The summed E-state index contributed by atoms with van der Waals surface area (Å²) < 4.78 is 0. The molecule has 17 heavy (non-hydrogen) atoms. The first-order chi connectivity index (χ1) is 8.25. The third-order valence-electron chi connectivity index (χ3n) is 2.31. The van der Waals surface area contributed by atoms with E-state index in [4.69, 9.17) is 11.6 Å². The Morgan fingerprint density at radius 3 is 2.59 bits per heavy atom. The van der Waals surface area contributed by atoms with Crippen molar-refractivity contribution >= 4 is 17.5 Å². The molecule has 2 rings (SSSR count). The van der Waals surface area contributed by atoms with Gasteiger partial charge in [-0.15, -0.1) is 0 Å². The molecule has 85 valence electrons. The summed E-state index contributed by atoms with van der Waals surface area (Å²) in [5, 5.41) is 3.46. The molecule has 1 amide bonds. The smallest absolute Gasteiger partial charge is 0.251 e. The Bertz CT molecular complexity index is 493. The monoisotopic (exact) mass is 244 g/mol. The zero-order chi connectivity index (χ0) is 12.1. The summed E-state index contributed by atoms with van der Waals surface area (Å²) in [6.45, 7) is 0.449. The molecule has 0 saturated carbocycles. The van der Waals surface area contributed by atoms with Crippen molar-refractivity contribution in [3.63, 3.8) is 0 Å². The van der Waals surface area contributed by atoms with Gasteiger partial charge in [0, 0.05) is 17.1 Å². The third-order valence-corrected chi connectivity index (χ3v) is 2.55. The molecule has 0 aliphatic rings. The fourth-order valence-corrected chi connectivity index (χ4v) is 1.53. The molecular weight excluding hydrogens is 234 g/mol.